The molecule has 2 aromatic carbocycles. The van der Waals surface area contributed by atoms with Crippen molar-refractivity contribution in [1.82, 2.24) is 10.2 Å². The quantitative estimate of drug-likeness (QED) is 0.483. The summed E-state index contributed by atoms with van der Waals surface area (Å²) in [6, 6.07) is 14.2. The van der Waals surface area contributed by atoms with Crippen molar-refractivity contribution in [2.24, 2.45) is 0 Å². The van der Waals surface area contributed by atoms with Gasteiger partial charge in [-0.2, -0.15) is 0 Å². The van der Waals surface area contributed by atoms with Gasteiger partial charge in [0.05, 0.1) is 0 Å². The van der Waals surface area contributed by atoms with Gasteiger partial charge in [0, 0.05) is 5.56 Å². The van der Waals surface area contributed by atoms with Crippen molar-refractivity contribution >= 4 is 58.6 Å². The molecule has 19 heavy (non-hydrogen) atoms. The molecule has 0 atom stereocenters. The fourth-order valence-electron chi connectivity index (χ4n) is 1.78. The van der Waals surface area contributed by atoms with Crippen LogP contribution in [0.1, 0.15) is 5.89 Å². The average molecular weight is 447 g/mol. The summed E-state index contributed by atoms with van der Waals surface area (Å²) in [7, 11) is 0. The van der Waals surface area contributed by atoms with Crippen LogP contribution in [0.2, 0.25) is 0 Å². The number of alkyl halides is 3. The first-order valence-electron chi connectivity index (χ1n) is 5.44. The Bertz CT molecular complexity index is 734. The van der Waals surface area contributed by atoms with Gasteiger partial charge in [-0.25, -0.2) is 0 Å². The summed E-state index contributed by atoms with van der Waals surface area (Å²) < 4.78 is 4.93. The second kappa shape index (κ2) is 5.00. The number of halogens is 3. The molecule has 6 heteroatoms. The summed E-state index contributed by atoms with van der Waals surface area (Å²) in [6.07, 6.45) is 0. The zero-order valence-corrected chi connectivity index (χ0v) is 14.2. The van der Waals surface area contributed by atoms with E-state index in [-0.39, 0.29) is 0 Å². The summed E-state index contributed by atoms with van der Waals surface area (Å²) in [5, 5.41) is 10.4. The summed E-state index contributed by atoms with van der Waals surface area (Å²) in [5.41, 5.74) is 0.897. The van der Waals surface area contributed by atoms with Crippen LogP contribution in [0.3, 0.4) is 0 Å². The van der Waals surface area contributed by atoms with Gasteiger partial charge in [-0.1, -0.05) is 30.3 Å². The predicted octanol–water partition coefficient (Wildman–Crippen LogP) is 5.18. The fraction of sp³-hybridized carbons (Fsp3) is 0.0769. The van der Waals surface area contributed by atoms with Crippen molar-refractivity contribution in [2.45, 2.75) is 2.14 Å². The van der Waals surface area contributed by atoms with E-state index in [9.17, 15) is 0 Å². The molecule has 1 heterocycles. The first kappa shape index (κ1) is 13.3. The van der Waals surface area contributed by atoms with Crippen molar-refractivity contribution in [3.63, 3.8) is 0 Å². The minimum atomic E-state index is -0.685. The van der Waals surface area contributed by atoms with Crippen molar-refractivity contribution in [3.05, 3.63) is 48.4 Å². The molecule has 0 aliphatic rings. The molecule has 1 aromatic heterocycles. The third-order valence-corrected chi connectivity index (χ3v) is 3.68. The highest BCUT2D eigenvalue weighted by atomic mass is 80.0. The third kappa shape index (κ3) is 2.75. The lowest BCUT2D eigenvalue weighted by Crippen LogP contribution is -1.97. The first-order valence-corrected chi connectivity index (χ1v) is 7.82. The van der Waals surface area contributed by atoms with E-state index in [0.29, 0.717) is 11.8 Å². The van der Waals surface area contributed by atoms with Gasteiger partial charge >= 0.3 is 0 Å². The molecule has 0 fully saturated rings. The Morgan fingerprint density at radius 1 is 0.895 bits per heavy atom. The Labute approximate surface area is 134 Å². The number of aromatic nitrogens is 2. The Balaban J connectivity index is 2.07. The molecule has 0 amide bonds. The summed E-state index contributed by atoms with van der Waals surface area (Å²) >= 11 is 10.0. The topological polar surface area (TPSA) is 38.9 Å². The molecule has 0 radical (unpaired) electrons. The number of hydrogen-bond acceptors (Lipinski definition) is 3. The average Bonchev–Trinajstić information content (AvgIpc) is 2.87. The van der Waals surface area contributed by atoms with Crippen LogP contribution in [0.15, 0.2) is 46.9 Å². The molecule has 0 N–H and O–H groups in total. The Hall–Kier alpha value is -0.720. The van der Waals surface area contributed by atoms with Crippen molar-refractivity contribution in [1.29, 1.82) is 0 Å². The number of rotatable bonds is 1. The van der Waals surface area contributed by atoms with Gasteiger partial charge in [-0.05, 0) is 70.7 Å². The molecular weight excluding hydrogens is 440 g/mol. The van der Waals surface area contributed by atoms with Crippen LogP contribution in [0.25, 0.3) is 22.2 Å². The number of hydrogen-bond donors (Lipinski definition) is 0. The third-order valence-electron chi connectivity index (χ3n) is 2.66. The minimum Gasteiger partial charge on any atom is -0.417 e. The molecule has 3 nitrogen and oxygen atoms in total. The lowest BCUT2D eigenvalue weighted by atomic mass is 10.1. The fourth-order valence-corrected chi connectivity index (χ4v) is 2.26. The summed E-state index contributed by atoms with van der Waals surface area (Å²) in [5.74, 6) is 0.902. The van der Waals surface area contributed by atoms with E-state index in [1.165, 1.54) is 5.39 Å². The van der Waals surface area contributed by atoms with Crippen molar-refractivity contribution in [3.8, 4) is 11.5 Å². The van der Waals surface area contributed by atoms with Crippen LogP contribution in [-0.4, -0.2) is 10.2 Å². The largest absolute Gasteiger partial charge is 0.417 e. The zero-order chi connectivity index (χ0) is 13.5. The molecule has 0 saturated carbocycles. The standard InChI is InChI=1S/C13H7Br3N2O/c14-13(15,16)12-18-17-11(19-12)10-6-5-8-3-1-2-4-9(8)7-10/h1-7H. The van der Waals surface area contributed by atoms with Crippen molar-refractivity contribution < 1.29 is 4.42 Å². The molecule has 0 aliphatic carbocycles. The highest BCUT2D eigenvalue weighted by Gasteiger charge is 2.28. The van der Waals surface area contributed by atoms with Crippen LogP contribution in [0.4, 0.5) is 0 Å². The summed E-state index contributed by atoms with van der Waals surface area (Å²) in [4.78, 5) is 0. The maximum Gasteiger partial charge on any atom is 0.255 e. The van der Waals surface area contributed by atoms with Crippen LogP contribution in [0.5, 0.6) is 0 Å². The van der Waals surface area contributed by atoms with E-state index >= 15 is 0 Å². The zero-order valence-electron chi connectivity index (χ0n) is 9.48. The molecule has 0 unspecified atom stereocenters. The first-order chi connectivity index (χ1) is 9.04. The van der Waals surface area contributed by atoms with Gasteiger partial charge in [-0.3, -0.25) is 0 Å². The second-order valence-corrected chi connectivity index (χ2v) is 10.7. The molecular formula is C13H7Br3N2O. The maximum absolute atomic E-state index is 5.62. The van der Waals surface area contributed by atoms with Gasteiger partial charge in [0.25, 0.3) is 5.89 Å². The van der Waals surface area contributed by atoms with Crippen LogP contribution in [-0.2, 0) is 2.14 Å². The van der Waals surface area contributed by atoms with Crippen LogP contribution in [0, 0.1) is 0 Å². The molecule has 0 saturated heterocycles. The molecule has 0 bridgehead atoms. The summed E-state index contributed by atoms with van der Waals surface area (Å²) in [6.45, 7) is 0. The van der Waals surface area contributed by atoms with E-state index in [4.69, 9.17) is 4.42 Å². The van der Waals surface area contributed by atoms with E-state index < -0.39 is 2.14 Å². The van der Waals surface area contributed by atoms with Crippen LogP contribution >= 0.6 is 47.8 Å². The normalized spacial score (nSPS) is 11.9. The van der Waals surface area contributed by atoms with Gasteiger partial charge in [-0.15, -0.1) is 10.2 Å². The van der Waals surface area contributed by atoms with Gasteiger partial charge in [0.2, 0.25) is 8.03 Å². The van der Waals surface area contributed by atoms with E-state index in [0.717, 1.165) is 10.9 Å². The SMILES string of the molecule is BrC(Br)(Br)c1nnc(-c2ccc3ccccc3c2)o1. The monoisotopic (exact) mass is 444 g/mol. The van der Waals surface area contributed by atoms with Crippen molar-refractivity contribution in [2.75, 3.05) is 0 Å². The molecule has 3 aromatic rings. The Morgan fingerprint density at radius 2 is 1.63 bits per heavy atom. The van der Waals surface area contributed by atoms with Gasteiger partial charge in [0.1, 0.15) is 0 Å². The Kier molecular flexibility index (Phi) is 3.49. The number of benzene rings is 2. The Morgan fingerprint density at radius 3 is 2.32 bits per heavy atom. The van der Waals surface area contributed by atoms with Gasteiger partial charge < -0.3 is 4.42 Å². The van der Waals surface area contributed by atoms with E-state index in [1.54, 1.807) is 0 Å². The predicted molar refractivity (Wildman–Crippen MR) is 85.7 cm³/mol. The number of fused-ring (bicyclic) bond motifs is 1. The smallest absolute Gasteiger partial charge is 0.255 e. The number of nitrogens with zero attached hydrogens (tertiary/aromatic N) is 2. The van der Waals surface area contributed by atoms with Gasteiger partial charge in [0.15, 0.2) is 0 Å². The molecule has 96 valence electrons. The molecule has 0 spiro atoms. The molecule has 3 rings (SSSR count). The second-order valence-electron chi connectivity index (χ2n) is 3.97. The van der Waals surface area contributed by atoms with E-state index in [1.807, 2.05) is 30.3 Å². The highest BCUT2D eigenvalue weighted by molar-refractivity contribution is 9.38. The van der Waals surface area contributed by atoms with Crippen LogP contribution < -0.4 is 0 Å². The van der Waals surface area contributed by atoms with E-state index in [2.05, 4.69) is 70.1 Å². The lowest BCUT2D eigenvalue weighted by Gasteiger charge is -2.04. The lowest BCUT2D eigenvalue weighted by molar-refractivity contribution is 0.524. The highest BCUT2D eigenvalue weighted by Crippen LogP contribution is 2.44. The maximum atomic E-state index is 5.62. The minimum absolute atomic E-state index is 0.413. The molecule has 0 aliphatic heterocycles.